The van der Waals surface area contributed by atoms with Crippen molar-refractivity contribution in [3.63, 3.8) is 0 Å². The second-order valence-corrected chi connectivity index (χ2v) is 4.39. The minimum atomic E-state index is -0.885. The maximum Gasteiger partial charge on any atom is 0.335 e. The van der Waals surface area contributed by atoms with Gasteiger partial charge in [0.2, 0.25) is 0 Å². The molecule has 0 aliphatic heterocycles. The third-order valence-corrected chi connectivity index (χ3v) is 3.32. The third kappa shape index (κ3) is 1.72. The number of hydrogen-bond donors (Lipinski definition) is 1. The summed E-state index contributed by atoms with van der Waals surface area (Å²) in [7, 11) is 0. The Bertz CT molecular complexity index is 624. The van der Waals surface area contributed by atoms with E-state index in [1.54, 1.807) is 12.1 Å². The van der Waals surface area contributed by atoms with Crippen LogP contribution in [0.1, 0.15) is 33.0 Å². The van der Waals surface area contributed by atoms with Gasteiger partial charge in [0, 0.05) is 5.92 Å². The minimum absolute atomic E-state index is 0.240. The summed E-state index contributed by atoms with van der Waals surface area (Å²) in [6, 6.07) is 15.4. The van der Waals surface area contributed by atoms with E-state index in [2.05, 4.69) is 24.3 Å². The molecular formula is C16H12O2. The molecule has 2 aromatic rings. The maximum absolute atomic E-state index is 10.8. The molecule has 18 heavy (non-hydrogen) atoms. The van der Waals surface area contributed by atoms with Gasteiger partial charge < -0.3 is 5.11 Å². The van der Waals surface area contributed by atoms with E-state index in [1.165, 1.54) is 11.1 Å². The first-order chi connectivity index (χ1) is 8.75. The molecule has 1 unspecified atom stereocenters. The van der Waals surface area contributed by atoms with Gasteiger partial charge in [-0.1, -0.05) is 48.6 Å². The molecule has 1 aliphatic carbocycles. The summed E-state index contributed by atoms with van der Waals surface area (Å²) >= 11 is 0. The number of hydrogen-bond acceptors (Lipinski definition) is 1. The van der Waals surface area contributed by atoms with Crippen molar-refractivity contribution in [1.29, 1.82) is 0 Å². The molecule has 1 atom stereocenters. The highest BCUT2D eigenvalue weighted by Gasteiger charge is 2.18. The van der Waals surface area contributed by atoms with Gasteiger partial charge in [0.25, 0.3) is 0 Å². The molecule has 0 heterocycles. The summed E-state index contributed by atoms with van der Waals surface area (Å²) in [5.74, 6) is -0.645. The Hall–Kier alpha value is -2.35. The minimum Gasteiger partial charge on any atom is -0.478 e. The topological polar surface area (TPSA) is 37.3 Å². The van der Waals surface area contributed by atoms with E-state index >= 15 is 0 Å². The van der Waals surface area contributed by atoms with Crippen molar-refractivity contribution < 1.29 is 9.90 Å². The van der Waals surface area contributed by atoms with Crippen molar-refractivity contribution in [2.45, 2.75) is 5.92 Å². The molecule has 0 fully saturated rings. The molecule has 0 saturated heterocycles. The van der Waals surface area contributed by atoms with Crippen LogP contribution >= 0.6 is 0 Å². The van der Waals surface area contributed by atoms with Crippen molar-refractivity contribution in [3.05, 3.63) is 76.9 Å². The van der Waals surface area contributed by atoms with E-state index in [4.69, 9.17) is 5.11 Å². The van der Waals surface area contributed by atoms with Crippen molar-refractivity contribution >= 4 is 12.0 Å². The average Bonchev–Trinajstić information content (AvgIpc) is 2.82. The van der Waals surface area contributed by atoms with Gasteiger partial charge in [-0.15, -0.1) is 0 Å². The molecule has 2 heteroatoms. The molecule has 0 amide bonds. The number of carbonyl (C=O) groups is 1. The molecule has 2 nitrogen and oxygen atoms in total. The summed E-state index contributed by atoms with van der Waals surface area (Å²) in [4.78, 5) is 10.8. The molecule has 0 radical (unpaired) electrons. The number of carboxylic acids is 1. The fourth-order valence-electron chi connectivity index (χ4n) is 2.37. The van der Waals surface area contributed by atoms with E-state index in [-0.39, 0.29) is 5.92 Å². The Balaban J connectivity index is 1.98. The smallest absolute Gasteiger partial charge is 0.335 e. The van der Waals surface area contributed by atoms with Gasteiger partial charge in [-0.3, -0.25) is 0 Å². The zero-order valence-corrected chi connectivity index (χ0v) is 9.71. The zero-order valence-electron chi connectivity index (χ0n) is 9.71. The molecule has 1 N–H and O–H groups in total. The second-order valence-electron chi connectivity index (χ2n) is 4.39. The van der Waals surface area contributed by atoms with Gasteiger partial charge in [-0.05, 0) is 28.8 Å². The lowest BCUT2D eigenvalue weighted by Gasteiger charge is -2.11. The third-order valence-electron chi connectivity index (χ3n) is 3.32. The summed E-state index contributed by atoms with van der Waals surface area (Å²) in [5.41, 5.74) is 3.97. The van der Waals surface area contributed by atoms with Gasteiger partial charge in [-0.2, -0.15) is 0 Å². The van der Waals surface area contributed by atoms with Crippen molar-refractivity contribution in [2.24, 2.45) is 0 Å². The van der Waals surface area contributed by atoms with Crippen molar-refractivity contribution in [1.82, 2.24) is 0 Å². The zero-order chi connectivity index (χ0) is 12.5. The van der Waals surface area contributed by atoms with Gasteiger partial charge in [0.15, 0.2) is 0 Å². The van der Waals surface area contributed by atoms with Gasteiger partial charge in [0.1, 0.15) is 0 Å². The summed E-state index contributed by atoms with van der Waals surface area (Å²) in [6.07, 6.45) is 4.27. The number of allylic oxidation sites excluding steroid dienone is 1. The number of benzene rings is 2. The SMILES string of the molecule is O=C(O)c1ccc(C2C=Cc3ccccc32)cc1. The second kappa shape index (κ2) is 4.15. The normalized spacial score (nSPS) is 16.6. The summed E-state index contributed by atoms with van der Waals surface area (Å²) in [5, 5.41) is 8.88. The maximum atomic E-state index is 10.8. The van der Waals surface area contributed by atoms with E-state index in [0.717, 1.165) is 5.56 Å². The lowest BCUT2D eigenvalue weighted by Crippen LogP contribution is -1.99. The van der Waals surface area contributed by atoms with Crippen LogP contribution in [0, 0.1) is 0 Å². The lowest BCUT2D eigenvalue weighted by atomic mass is 9.92. The first-order valence-corrected chi connectivity index (χ1v) is 5.86. The molecule has 88 valence electrons. The number of aromatic carboxylic acids is 1. The van der Waals surface area contributed by atoms with Crippen LogP contribution in [-0.2, 0) is 0 Å². The van der Waals surface area contributed by atoms with Crippen LogP contribution in [0.15, 0.2) is 54.6 Å². The number of carboxylic acid groups (broad SMARTS) is 1. The Morgan fingerprint density at radius 2 is 1.72 bits per heavy atom. The van der Waals surface area contributed by atoms with Gasteiger partial charge in [-0.25, -0.2) is 4.79 Å². The fourth-order valence-corrected chi connectivity index (χ4v) is 2.37. The highest BCUT2D eigenvalue weighted by molar-refractivity contribution is 5.87. The lowest BCUT2D eigenvalue weighted by molar-refractivity contribution is 0.0697. The largest absolute Gasteiger partial charge is 0.478 e. The van der Waals surface area contributed by atoms with Crippen LogP contribution in [0.4, 0.5) is 0 Å². The van der Waals surface area contributed by atoms with E-state index in [9.17, 15) is 4.79 Å². The molecule has 0 saturated carbocycles. The van der Waals surface area contributed by atoms with Crippen LogP contribution in [0.2, 0.25) is 0 Å². The Morgan fingerprint density at radius 1 is 1.00 bits per heavy atom. The van der Waals surface area contributed by atoms with Crippen LogP contribution in [-0.4, -0.2) is 11.1 Å². The van der Waals surface area contributed by atoms with Gasteiger partial charge >= 0.3 is 5.97 Å². The van der Waals surface area contributed by atoms with E-state index < -0.39 is 5.97 Å². The average molecular weight is 236 g/mol. The molecule has 0 aromatic heterocycles. The van der Waals surface area contributed by atoms with Gasteiger partial charge in [0.05, 0.1) is 5.56 Å². The Morgan fingerprint density at radius 3 is 2.44 bits per heavy atom. The van der Waals surface area contributed by atoms with Crippen LogP contribution in [0.5, 0.6) is 0 Å². The first kappa shape index (κ1) is 10.8. The molecule has 3 rings (SSSR count). The Labute approximate surface area is 105 Å². The molecular weight excluding hydrogens is 224 g/mol. The molecule has 1 aliphatic rings. The predicted molar refractivity (Wildman–Crippen MR) is 70.7 cm³/mol. The van der Waals surface area contributed by atoms with Crippen LogP contribution in [0.25, 0.3) is 6.08 Å². The quantitative estimate of drug-likeness (QED) is 0.865. The van der Waals surface area contributed by atoms with E-state index in [0.29, 0.717) is 5.56 Å². The predicted octanol–water partition coefficient (Wildman–Crippen LogP) is 3.54. The first-order valence-electron chi connectivity index (χ1n) is 5.86. The molecule has 0 bridgehead atoms. The van der Waals surface area contributed by atoms with Crippen molar-refractivity contribution in [2.75, 3.05) is 0 Å². The summed E-state index contributed by atoms with van der Waals surface area (Å²) < 4.78 is 0. The van der Waals surface area contributed by atoms with Crippen LogP contribution < -0.4 is 0 Å². The molecule has 2 aromatic carbocycles. The monoisotopic (exact) mass is 236 g/mol. The Kier molecular flexibility index (Phi) is 2.49. The number of fused-ring (bicyclic) bond motifs is 1. The standard InChI is InChI=1S/C16H12O2/c17-16(18)13-7-5-12(6-8-13)15-10-9-11-3-1-2-4-14(11)15/h1-10,15H,(H,17,18). The highest BCUT2D eigenvalue weighted by atomic mass is 16.4. The van der Waals surface area contributed by atoms with Crippen molar-refractivity contribution in [3.8, 4) is 0 Å². The number of rotatable bonds is 2. The summed E-state index contributed by atoms with van der Waals surface area (Å²) in [6.45, 7) is 0. The van der Waals surface area contributed by atoms with E-state index in [1.807, 2.05) is 24.3 Å². The molecule has 0 spiro atoms. The van der Waals surface area contributed by atoms with Crippen LogP contribution in [0.3, 0.4) is 0 Å². The fraction of sp³-hybridized carbons (Fsp3) is 0.0625. The highest BCUT2D eigenvalue weighted by Crippen LogP contribution is 2.34.